The highest BCUT2D eigenvalue weighted by Gasteiger charge is 2.28. The average Bonchev–Trinajstić information content (AvgIpc) is 3.25. The van der Waals surface area contributed by atoms with Gasteiger partial charge in [-0.1, -0.05) is 6.07 Å². The fraction of sp³-hybridized carbons (Fsp3) is 0.0476. The molecular formula is C21H14NO6S-. The number of ether oxygens (including phenoxy) is 2. The van der Waals surface area contributed by atoms with Crippen molar-refractivity contribution in [1.82, 2.24) is 0 Å². The first kappa shape index (κ1) is 18.9. The number of nitrogens with zero attached hydrogens (tertiary/aromatic N) is 1. The van der Waals surface area contributed by atoms with Gasteiger partial charge < -0.3 is 19.9 Å². The molecule has 7 nitrogen and oxygen atoms in total. The van der Waals surface area contributed by atoms with E-state index in [1.54, 1.807) is 6.08 Å². The summed E-state index contributed by atoms with van der Waals surface area (Å²) in [4.78, 5) is 25.8. The average molecular weight is 408 g/mol. The summed E-state index contributed by atoms with van der Waals surface area (Å²) in [6.45, 7) is 1.95. The smallest absolute Gasteiger partial charge is 0.343 e. The number of fused-ring (bicyclic) bond motifs is 1. The van der Waals surface area contributed by atoms with Crippen LogP contribution in [0.2, 0.25) is 0 Å². The fourth-order valence-electron chi connectivity index (χ4n) is 2.80. The van der Waals surface area contributed by atoms with Gasteiger partial charge in [-0.05, 0) is 54.3 Å². The second-order valence-corrected chi connectivity index (χ2v) is 7.23. The molecule has 3 aromatic rings. The van der Waals surface area contributed by atoms with E-state index in [2.05, 4.69) is 0 Å². The number of esters is 1. The zero-order valence-corrected chi connectivity index (χ0v) is 15.9. The molecule has 29 heavy (non-hydrogen) atoms. The lowest BCUT2D eigenvalue weighted by atomic mass is 10.1. The van der Waals surface area contributed by atoms with Crippen LogP contribution in [0.3, 0.4) is 0 Å². The first-order valence-corrected chi connectivity index (χ1v) is 9.41. The third kappa shape index (κ3) is 3.77. The third-order valence-corrected chi connectivity index (χ3v) is 5.28. The van der Waals surface area contributed by atoms with Crippen LogP contribution in [0.25, 0.3) is 6.08 Å². The molecule has 0 atom stereocenters. The Morgan fingerprint density at radius 1 is 1.24 bits per heavy atom. The quantitative estimate of drug-likeness (QED) is 0.292. The van der Waals surface area contributed by atoms with Crippen molar-refractivity contribution in [2.24, 2.45) is 0 Å². The van der Waals surface area contributed by atoms with Gasteiger partial charge in [0.25, 0.3) is 0 Å². The molecule has 0 fully saturated rings. The van der Waals surface area contributed by atoms with Gasteiger partial charge in [0.05, 0.1) is 16.8 Å². The van der Waals surface area contributed by atoms with E-state index < -0.39 is 5.97 Å². The zero-order valence-electron chi connectivity index (χ0n) is 15.1. The maximum absolute atomic E-state index is 12.5. The molecule has 1 aliphatic rings. The minimum absolute atomic E-state index is 0.0867. The number of benzene rings is 2. The van der Waals surface area contributed by atoms with Gasteiger partial charge in [-0.25, -0.2) is 4.79 Å². The number of carbonyl (C=O) groups excluding carboxylic acids is 2. The first-order valence-electron chi connectivity index (χ1n) is 8.53. The number of anilines is 1. The molecule has 1 aromatic heterocycles. The van der Waals surface area contributed by atoms with Crippen LogP contribution in [0.15, 0.2) is 59.7 Å². The summed E-state index contributed by atoms with van der Waals surface area (Å²) in [5, 5.41) is 21.5. The molecule has 0 amide bonds. The van der Waals surface area contributed by atoms with Crippen molar-refractivity contribution in [2.75, 3.05) is 5.23 Å². The highest BCUT2D eigenvalue weighted by Crippen LogP contribution is 2.35. The molecule has 0 spiro atoms. The van der Waals surface area contributed by atoms with Crippen LogP contribution >= 0.6 is 11.3 Å². The van der Waals surface area contributed by atoms with Crippen molar-refractivity contribution >= 4 is 34.9 Å². The lowest BCUT2D eigenvalue weighted by molar-refractivity contribution is 0.0734. The molecule has 0 saturated heterocycles. The number of hydrogen-bond donors (Lipinski definition) is 1. The highest BCUT2D eigenvalue weighted by atomic mass is 32.1. The Morgan fingerprint density at radius 2 is 2.07 bits per heavy atom. The molecule has 0 saturated carbocycles. The summed E-state index contributed by atoms with van der Waals surface area (Å²) >= 11 is 1.51. The molecule has 0 radical (unpaired) electrons. The fourth-order valence-corrected chi connectivity index (χ4v) is 3.65. The number of hydrogen-bond acceptors (Lipinski definition) is 8. The molecule has 8 heteroatoms. The van der Waals surface area contributed by atoms with Gasteiger partial charge in [-0.3, -0.25) is 10.0 Å². The second-order valence-electron chi connectivity index (χ2n) is 6.28. The molecular weight excluding hydrogens is 394 g/mol. The highest BCUT2D eigenvalue weighted by molar-refractivity contribution is 7.11. The van der Waals surface area contributed by atoms with Gasteiger partial charge >= 0.3 is 5.97 Å². The van der Waals surface area contributed by atoms with Gasteiger partial charge in [0.2, 0.25) is 5.78 Å². The molecule has 1 N–H and O–H groups in total. The number of carbonyl (C=O) groups is 2. The Morgan fingerprint density at radius 3 is 2.79 bits per heavy atom. The molecule has 0 aliphatic carbocycles. The minimum Gasteiger partial charge on any atom is -0.733 e. The summed E-state index contributed by atoms with van der Waals surface area (Å²) in [5.74, 6) is -0.265. The minimum atomic E-state index is -0.719. The predicted molar refractivity (Wildman–Crippen MR) is 107 cm³/mol. The van der Waals surface area contributed by atoms with Crippen LogP contribution in [0.1, 0.15) is 31.2 Å². The van der Waals surface area contributed by atoms with E-state index in [9.17, 15) is 14.8 Å². The van der Waals surface area contributed by atoms with Crippen LogP contribution in [0.5, 0.6) is 11.5 Å². The number of Topliss-reactive ketones (excluding diaryl/α,β-unsaturated/α-hetero) is 1. The van der Waals surface area contributed by atoms with E-state index in [-0.39, 0.29) is 33.8 Å². The molecule has 0 unspecified atom stereocenters. The van der Waals surface area contributed by atoms with Crippen LogP contribution in [0.4, 0.5) is 5.69 Å². The van der Waals surface area contributed by atoms with E-state index >= 15 is 0 Å². The molecule has 2 aromatic carbocycles. The van der Waals surface area contributed by atoms with Crippen molar-refractivity contribution < 1.29 is 24.3 Å². The topological polar surface area (TPSA) is 99.1 Å². The molecule has 2 heterocycles. The van der Waals surface area contributed by atoms with Gasteiger partial charge in [0.1, 0.15) is 11.5 Å². The number of thiophene rings is 1. The normalized spacial score (nSPS) is 13.9. The van der Waals surface area contributed by atoms with Crippen molar-refractivity contribution in [3.8, 4) is 11.5 Å². The summed E-state index contributed by atoms with van der Waals surface area (Å²) in [6.07, 6.45) is 1.70. The van der Waals surface area contributed by atoms with E-state index in [1.165, 1.54) is 53.8 Å². The molecule has 4 rings (SSSR count). The lowest BCUT2D eigenvalue weighted by Gasteiger charge is -2.21. The number of ketones is 1. The summed E-state index contributed by atoms with van der Waals surface area (Å²) in [6, 6.07) is 11.9. The van der Waals surface area contributed by atoms with Crippen molar-refractivity contribution in [3.05, 3.63) is 86.4 Å². The first-order chi connectivity index (χ1) is 13.9. The SMILES string of the molecule is Cc1ccsc1C=C1Oc2cc(OC(=O)c3cccc(N([O-])O)c3)ccc2C1=O. The van der Waals surface area contributed by atoms with Crippen LogP contribution in [0, 0.1) is 12.1 Å². The Hall–Kier alpha value is -3.46. The Bertz CT molecular complexity index is 1150. The summed E-state index contributed by atoms with van der Waals surface area (Å²) < 4.78 is 11.0. The van der Waals surface area contributed by atoms with Crippen molar-refractivity contribution in [3.63, 3.8) is 0 Å². The Labute approximate surface area is 169 Å². The van der Waals surface area contributed by atoms with Gasteiger partial charge in [-0.2, -0.15) is 0 Å². The number of allylic oxidation sites excluding steroid dienone is 1. The van der Waals surface area contributed by atoms with Gasteiger partial charge in [0.15, 0.2) is 5.76 Å². The second kappa shape index (κ2) is 7.51. The summed E-state index contributed by atoms with van der Waals surface area (Å²) in [5.41, 5.74) is 1.42. The van der Waals surface area contributed by atoms with Crippen molar-refractivity contribution in [2.45, 2.75) is 6.92 Å². The molecule has 146 valence electrons. The Kier molecular flexibility index (Phi) is 4.89. The molecule has 1 aliphatic heterocycles. The number of rotatable bonds is 4. The van der Waals surface area contributed by atoms with Crippen LogP contribution < -0.4 is 14.7 Å². The largest absolute Gasteiger partial charge is 0.733 e. The van der Waals surface area contributed by atoms with Gasteiger partial charge in [0, 0.05) is 17.0 Å². The predicted octanol–water partition coefficient (Wildman–Crippen LogP) is 4.59. The monoisotopic (exact) mass is 408 g/mol. The number of aryl methyl sites for hydroxylation is 1. The van der Waals surface area contributed by atoms with E-state index in [4.69, 9.17) is 14.7 Å². The molecule has 0 bridgehead atoms. The zero-order chi connectivity index (χ0) is 20.5. The van der Waals surface area contributed by atoms with E-state index in [0.29, 0.717) is 11.3 Å². The Balaban J connectivity index is 1.55. The maximum atomic E-state index is 12.5. The maximum Gasteiger partial charge on any atom is 0.343 e. The lowest BCUT2D eigenvalue weighted by Crippen LogP contribution is -2.11. The standard InChI is InChI=1S/C21H14NO6S/c1-12-7-8-29-19(12)11-18-20(23)16-6-5-15(10-17(16)28-18)27-21(24)13-3-2-4-14(9-13)22(25)26/h2-11,25H,1H3/q-1. The summed E-state index contributed by atoms with van der Waals surface area (Å²) in [7, 11) is 0. The van der Waals surface area contributed by atoms with E-state index in [1.807, 2.05) is 18.4 Å². The third-order valence-electron chi connectivity index (χ3n) is 4.32. The van der Waals surface area contributed by atoms with Crippen LogP contribution in [-0.4, -0.2) is 17.0 Å². The van der Waals surface area contributed by atoms with Gasteiger partial charge in [-0.15, -0.1) is 11.3 Å². The van der Waals surface area contributed by atoms with Crippen LogP contribution in [-0.2, 0) is 0 Å². The van der Waals surface area contributed by atoms with E-state index in [0.717, 1.165) is 10.4 Å². The van der Waals surface area contributed by atoms with Crippen molar-refractivity contribution in [1.29, 1.82) is 0 Å².